The summed E-state index contributed by atoms with van der Waals surface area (Å²) in [4.78, 5) is 4.14. The van der Waals surface area contributed by atoms with Gasteiger partial charge in [-0.1, -0.05) is 0 Å². The lowest BCUT2D eigenvalue weighted by Gasteiger charge is -1.88. The molecule has 62 valence electrons. The molecule has 0 fully saturated rings. The highest BCUT2D eigenvalue weighted by Gasteiger charge is 1.99. The van der Waals surface area contributed by atoms with Gasteiger partial charge in [-0.3, -0.25) is 4.68 Å². The van der Waals surface area contributed by atoms with E-state index in [0.717, 1.165) is 17.6 Å². The first-order chi connectivity index (χ1) is 5.79. The van der Waals surface area contributed by atoms with E-state index in [1.165, 1.54) is 0 Å². The Morgan fingerprint density at radius 2 is 2.25 bits per heavy atom. The van der Waals surface area contributed by atoms with E-state index in [9.17, 15) is 0 Å². The van der Waals surface area contributed by atoms with Crippen LogP contribution in [-0.4, -0.2) is 14.8 Å². The maximum absolute atomic E-state index is 5.53. The van der Waals surface area contributed by atoms with Gasteiger partial charge in [0, 0.05) is 6.54 Å². The van der Waals surface area contributed by atoms with Crippen LogP contribution in [0.4, 0.5) is 5.82 Å². The molecule has 0 aromatic carbocycles. The monoisotopic (exact) mass is 162 g/mol. The average Bonchev–Trinajstić information content (AvgIpc) is 2.46. The van der Waals surface area contributed by atoms with E-state index in [1.54, 1.807) is 6.07 Å². The lowest BCUT2D eigenvalue weighted by atomic mass is 10.4. The highest BCUT2D eigenvalue weighted by atomic mass is 15.3. The second-order valence-corrected chi connectivity index (χ2v) is 2.63. The Balaban J connectivity index is 2.67. The highest BCUT2D eigenvalue weighted by molar-refractivity contribution is 5.75. The molecule has 2 rings (SSSR count). The second-order valence-electron chi connectivity index (χ2n) is 2.63. The van der Waals surface area contributed by atoms with Gasteiger partial charge < -0.3 is 5.73 Å². The van der Waals surface area contributed by atoms with Gasteiger partial charge in [0.1, 0.15) is 16.9 Å². The molecule has 0 saturated heterocycles. The maximum atomic E-state index is 5.53. The quantitative estimate of drug-likeness (QED) is 0.681. The topological polar surface area (TPSA) is 56.7 Å². The van der Waals surface area contributed by atoms with Crippen molar-refractivity contribution in [2.45, 2.75) is 13.5 Å². The first kappa shape index (κ1) is 7.09. The number of aromatic nitrogens is 3. The number of hydrogen-bond donors (Lipinski definition) is 1. The van der Waals surface area contributed by atoms with E-state index in [4.69, 9.17) is 5.73 Å². The average molecular weight is 162 g/mol. The van der Waals surface area contributed by atoms with Crippen molar-refractivity contribution < 1.29 is 0 Å². The van der Waals surface area contributed by atoms with E-state index in [1.807, 2.05) is 23.9 Å². The molecule has 2 aromatic rings. The minimum absolute atomic E-state index is 0.540. The zero-order valence-electron chi connectivity index (χ0n) is 6.86. The molecular weight excluding hydrogens is 152 g/mol. The van der Waals surface area contributed by atoms with E-state index < -0.39 is 0 Å². The SMILES string of the molecule is CCn1cc2nc(N)ccc2n1. The molecule has 12 heavy (non-hydrogen) atoms. The van der Waals surface area contributed by atoms with E-state index in [-0.39, 0.29) is 0 Å². The molecule has 0 aliphatic rings. The zero-order valence-corrected chi connectivity index (χ0v) is 6.86. The van der Waals surface area contributed by atoms with Crippen LogP contribution in [0.25, 0.3) is 11.0 Å². The largest absolute Gasteiger partial charge is 0.384 e. The Bertz CT molecular complexity index is 404. The summed E-state index contributed by atoms with van der Waals surface area (Å²) in [5.74, 6) is 0.540. The van der Waals surface area contributed by atoms with Gasteiger partial charge in [0.25, 0.3) is 0 Å². The van der Waals surface area contributed by atoms with Crippen LogP contribution in [0.1, 0.15) is 6.92 Å². The number of fused-ring (bicyclic) bond motifs is 1. The van der Waals surface area contributed by atoms with Crippen molar-refractivity contribution in [2.75, 3.05) is 5.73 Å². The minimum Gasteiger partial charge on any atom is -0.384 e. The van der Waals surface area contributed by atoms with Gasteiger partial charge in [-0.05, 0) is 19.1 Å². The molecule has 0 amide bonds. The summed E-state index contributed by atoms with van der Waals surface area (Å²) in [6, 6.07) is 3.64. The molecule has 2 aromatic heterocycles. The molecule has 0 aliphatic heterocycles. The van der Waals surface area contributed by atoms with Gasteiger partial charge in [-0.25, -0.2) is 4.98 Å². The molecule has 0 bridgehead atoms. The van der Waals surface area contributed by atoms with Crippen LogP contribution in [0.5, 0.6) is 0 Å². The number of rotatable bonds is 1. The normalized spacial score (nSPS) is 10.8. The Morgan fingerprint density at radius 3 is 3.00 bits per heavy atom. The third-order valence-electron chi connectivity index (χ3n) is 1.76. The van der Waals surface area contributed by atoms with Crippen molar-refractivity contribution >= 4 is 16.9 Å². The molecule has 0 unspecified atom stereocenters. The predicted octanol–water partition coefficient (Wildman–Crippen LogP) is 1.03. The van der Waals surface area contributed by atoms with Gasteiger partial charge in [0.05, 0.1) is 6.20 Å². The summed E-state index contributed by atoms with van der Waals surface area (Å²) in [6.45, 7) is 2.89. The Hall–Kier alpha value is -1.58. The summed E-state index contributed by atoms with van der Waals surface area (Å²) in [5.41, 5.74) is 7.28. The van der Waals surface area contributed by atoms with Crippen molar-refractivity contribution in [3.8, 4) is 0 Å². The lowest BCUT2D eigenvalue weighted by Crippen LogP contribution is -1.92. The summed E-state index contributed by atoms with van der Waals surface area (Å²) in [6.07, 6.45) is 1.89. The van der Waals surface area contributed by atoms with Crippen LogP contribution in [0, 0.1) is 0 Å². The van der Waals surface area contributed by atoms with Crippen molar-refractivity contribution in [3.63, 3.8) is 0 Å². The van der Waals surface area contributed by atoms with Gasteiger partial charge in [0.2, 0.25) is 0 Å². The van der Waals surface area contributed by atoms with Gasteiger partial charge in [-0.2, -0.15) is 5.10 Å². The van der Waals surface area contributed by atoms with Crippen LogP contribution in [0.15, 0.2) is 18.3 Å². The zero-order chi connectivity index (χ0) is 8.55. The second kappa shape index (κ2) is 2.48. The van der Waals surface area contributed by atoms with Crippen molar-refractivity contribution in [1.82, 2.24) is 14.8 Å². The van der Waals surface area contributed by atoms with E-state index in [0.29, 0.717) is 5.82 Å². The molecule has 0 saturated carbocycles. The summed E-state index contributed by atoms with van der Waals surface area (Å²) < 4.78 is 1.84. The van der Waals surface area contributed by atoms with E-state index >= 15 is 0 Å². The van der Waals surface area contributed by atoms with Gasteiger partial charge in [0.15, 0.2) is 0 Å². The number of nitrogen functional groups attached to an aromatic ring is 1. The number of aryl methyl sites for hydroxylation is 1. The number of hydrogen-bond acceptors (Lipinski definition) is 3. The standard InChI is InChI=1S/C8H10N4/c1-2-12-5-7-6(11-12)3-4-8(9)10-7/h3-5H,2H2,1H3,(H2,9,10). The van der Waals surface area contributed by atoms with Gasteiger partial charge in [-0.15, -0.1) is 0 Å². The van der Waals surface area contributed by atoms with Crippen molar-refractivity contribution in [1.29, 1.82) is 0 Å². The van der Waals surface area contributed by atoms with Crippen LogP contribution in [-0.2, 0) is 6.54 Å². The minimum atomic E-state index is 0.540. The fourth-order valence-corrected chi connectivity index (χ4v) is 1.13. The van der Waals surface area contributed by atoms with Crippen LogP contribution in [0.2, 0.25) is 0 Å². The number of anilines is 1. The third kappa shape index (κ3) is 1.01. The Labute approximate surface area is 70.0 Å². The number of pyridine rings is 1. The third-order valence-corrected chi connectivity index (χ3v) is 1.76. The first-order valence-corrected chi connectivity index (χ1v) is 3.89. The molecular formula is C8H10N4. The first-order valence-electron chi connectivity index (χ1n) is 3.89. The van der Waals surface area contributed by atoms with Crippen molar-refractivity contribution in [2.24, 2.45) is 0 Å². The molecule has 0 atom stereocenters. The van der Waals surface area contributed by atoms with Crippen molar-refractivity contribution in [3.05, 3.63) is 18.3 Å². The smallest absolute Gasteiger partial charge is 0.124 e. The Kier molecular flexibility index (Phi) is 1.46. The molecule has 0 aliphatic carbocycles. The van der Waals surface area contributed by atoms with Crippen LogP contribution >= 0.6 is 0 Å². The summed E-state index contributed by atoms with van der Waals surface area (Å²) >= 11 is 0. The fourth-order valence-electron chi connectivity index (χ4n) is 1.13. The maximum Gasteiger partial charge on any atom is 0.124 e. The van der Waals surface area contributed by atoms with Crippen LogP contribution in [0.3, 0.4) is 0 Å². The molecule has 2 N–H and O–H groups in total. The molecule has 4 nitrogen and oxygen atoms in total. The molecule has 4 heteroatoms. The highest BCUT2D eigenvalue weighted by Crippen LogP contribution is 2.10. The molecule has 0 spiro atoms. The summed E-state index contributed by atoms with van der Waals surface area (Å²) in [5, 5.41) is 4.27. The number of nitrogens with two attached hydrogens (primary N) is 1. The fraction of sp³-hybridized carbons (Fsp3) is 0.250. The van der Waals surface area contributed by atoms with E-state index in [2.05, 4.69) is 10.1 Å². The molecule has 2 heterocycles. The Morgan fingerprint density at radius 1 is 1.42 bits per heavy atom. The number of nitrogens with zero attached hydrogens (tertiary/aromatic N) is 3. The lowest BCUT2D eigenvalue weighted by molar-refractivity contribution is 0.668. The van der Waals surface area contributed by atoms with Gasteiger partial charge >= 0.3 is 0 Å². The molecule has 0 radical (unpaired) electrons. The van der Waals surface area contributed by atoms with Crippen LogP contribution < -0.4 is 5.73 Å². The summed E-state index contributed by atoms with van der Waals surface area (Å²) in [7, 11) is 0. The predicted molar refractivity (Wildman–Crippen MR) is 47.6 cm³/mol.